The number of aryl methyl sites for hydroxylation is 1. The van der Waals surface area contributed by atoms with E-state index in [0.717, 1.165) is 31.0 Å². The van der Waals surface area contributed by atoms with Gasteiger partial charge in [-0.3, -0.25) is 0 Å². The van der Waals surface area contributed by atoms with Crippen LogP contribution in [0.3, 0.4) is 0 Å². The fourth-order valence-corrected chi connectivity index (χ4v) is 1.41. The Balaban J connectivity index is 2.73. The third-order valence-corrected chi connectivity index (χ3v) is 2.40. The molecule has 0 radical (unpaired) electrons. The maximum atomic E-state index is 5.06. The summed E-state index contributed by atoms with van der Waals surface area (Å²) in [6, 6.07) is 1.98. The highest BCUT2D eigenvalue weighted by atomic mass is 16.5. The van der Waals surface area contributed by atoms with E-state index in [1.165, 1.54) is 0 Å². The van der Waals surface area contributed by atoms with E-state index in [0.29, 0.717) is 12.6 Å². The Bertz CT molecular complexity index is 343. The molecule has 1 aromatic heterocycles. The first-order valence-corrected chi connectivity index (χ1v) is 5.97. The second-order valence-electron chi connectivity index (χ2n) is 4.03. The van der Waals surface area contributed by atoms with Gasteiger partial charge in [-0.05, 0) is 13.3 Å². The van der Waals surface area contributed by atoms with Crippen LogP contribution in [0.1, 0.15) is 19.0 Å². The zero-order chi connectivity index (χ0) is 12.7. The van der Waals surface area contributed by atoms with Crippen LogP contribution in [0.25, 0.3) is 0 Å². The first kappa shape index (κ1) is 13.7. The van der Waals surface area contributed by atoms with Crippen molar-refractivity contribution >= 4 is 11.8 Å². The molecule has 0 amide bonds. The average Bonchev–Trinajstić information content (AvgIpc) is 2.32. The van der Waals surface area contributed by atoms with Crippen molar-refractivity contribution in [3.05, 3.63) is 11.8 Å². The minimum atomic E-state index is 0.692. The molecule has 0 aliphatic rings. The summed E-state index contributed by atoms with van der Waals surface area (Å²) in [7, 11) is 3.71. The summed E-state index contributed by atoms with van der Waals surface area (Å²) in [4.78, 5) is 10.9. The summed E-state index contributed by atoms with van der Waals surface area (Å²) in [5.74, 6) is 1.62. The van der Waals surface area contributed by atoms with Crippen molar-refractivity contribution in [1.29, 1.82) is 0 Å². The molecule has 0 fully saturated rings. The van der Waals surface area contributed by atoms with Crippen LogP contribution in [0.5, 0.6) is 0 Å². The molecule has 17 heavy (non-hydrogen) atoms. The van der Waals surface area contributed by atoms with Gasteiger partial charge < -0.3 is 15.0 Å². The third-order valence-electron chi connectivity index (χ3n) is 2.40. The molecule has 96 valence electrons. The van der Waals surface area contributed by atoms with Gasteiger partial charge in [0, 0.05) is 39.0 Å². The van der Waals surface area contributed by atoms with E-state index >= 15 is 0 Å². The molecule has 1 heterocycles. The van der Waals surface area contributed by atoms with Crippen molar-refractivity contribution in [2.24, 2.45) is 0 Å². The summed E-state index contributed by atoms with van der Waals surface area (Å²) in [5, 5.41) is 3.21. The number of ether oxygens (including phenoxy) is 1. The number of nitrogens with one attached hydrogen (secondary N) is 1. The smallest absolute Gasteiger partial charge is 0.224 e. The largest absolute Gasteiger partial charge is 0.383 e. The van der Waals surface area contributed by atoms with Crippen LogP contribution in [-0.2, 0) is 4.74 Å². The molecule has 5 nitrogen and oxygen atoms in total. The van der Waals surface area contributed by atoms with Crippen LogP contribution in [0.2, 0.25) is 0 Å². The van der Waals surface area contributed by atoms with Gasteiger partial charge in [-0.2, -0.15) is 4.98 Å². The minimum Gasteiger partial charge on any atom is -0.383 e. The van der Waals surface area contributed by atoms with Gasteiger partial charge >= 0.3 is 0 Å². The highest BCUT2D eigenvalue weighted by molar-refractivity contribution is 5.44. The second kappa shape index (κ2) is 7.06. The Labute approximate surface area is 103 Å². The predicted molar refractivity (Wildman–Crippen MR) is 70.7 cm³/mol. The van der Waals surface area contributed by atoms with Crippen molar-refractivity contribution in [2.45, 2.75) is 20.3 Å². The average molecular weight is 238 g/mol. The number of hydrogen-bond donors (Lipinski definition) is 1. The van der Waals surface area contributed by atoms with Crippen molar-refractivity contribution in [1.82, 2.24) is 9.97 Å². The van der Waals surface area contributed by atoms with Crippen molar-refractivity contribution < 1.29 is 4.74 Å². The second-order valence-corrected chi connectivity index (χ2v) is 4.03. The number of nitrogens with zero attached hydrogens (tertiary/aromatic N) is 3. The summed E-state index contributed by atoms with van der Waals surface area (Å²) in [6.45, 7) is 6.50. The molecule has 1 rings (SSSR count). The molecule has 5 heteroatoms. The maximum Gasteiger partial charge on any atom is 0.224 e. The van der Waals surface area contributed by atoms with E-state index in [1.807, 2.05) is 20.0 Å². The van der Waals surface area contributed by atoms with Crippen LogP contribution in [-0.4, -0.2) is 43.8 Å². The molecule has 1 aromatic rings. The molecule has 0 spiro atoms. The molecule has 0 aliphatic heterocycles. The highest BCUT2D eigenvalue weighted by Crippen LogP contribution is 2.13. The third kappa shape index (κ3) is 4.56. The topological polar surface area (TPSA) is 50.3 Å². The van der Waals surface area contributed by atoms with Crippen molar-refractivity contribution in [3.63, 3.8) is 0 Å². The number of anilines is 2. The zero-order valence-electron chi connectivity index (χ0n) is 11.2. The maximum absolute atomic E-state index is 5.06. The number of methoxy groups -OCH3 is 1. The first-order chi connectivity index (χ1) is 8.17. The van der Waals surface area contributed by atoms with E-state index in [9.17, 15) is 0 Å². The van der Waals surface area contributed by atoms with Crippen molar-refractivity contribution in [3.8, 4) is 0 Å². The van der Waals surface area contributed by atoms with Crippen LogP contribution < -0.4 is 10.2 Å². The van der Waals surface area contributed by atoms with E-state index in [1.54, 1.807) is 7.11 Å². The highest BCUT2D eigenvalue weighted by Gasteiger charge is 2.06. The molecular weight excluding hydrogens is 216 g/mol. The van der Waals surface area contributed by atoms with Gasteiger partial charge in [-0.15, -0.1) is 0 Å². The van der Waals surface area contributed by atoms with Crippen LogP contribution in [0.4, 0.5) is 11.8 Å². The Morgan fingerprint density at radius 1 is 1.41 bits per heavy atom. The number of hydrogen-bond acceptors (Lipinski definition) is 5. The SMILES string of the molecule is CCCNc1nc(C)cc(N(C)CCOC)n1. The monoisotopic (exact) mass is 238 g/mol. The molecule has 0 aromatic carbocycles. The normalized spacial score (nSPS) is 10.4. The Kier molecular flexibility index (Phi) is 5.69. The molecule has 0 atom stereocenters. The fourth-order valence-electron chi connectivity index (χ4n) is 1.41. The van der Waals surface area contributed by atoms with Crippen molar-refractivity contribution in [2.75, 3.05) is 44.1 Å². The lowest BCUT2D eigenvalue weighted by atomic mass is 10.4. The molecule has 0 saturated heterocycles. The van der Waals surface area contributed by atoms with Gasteiger partial charge in [0.2, 0.25) is 5.95 Å². The van der Waals surface area contributed by atoms with Crippen LogP contribution >= 0.6 is 0 Å². The molecule has 0 unspecified atom stereocenters. The van der Waals surface area contributed by atoms with E-state index < -0.39 is 0 Å². The number of aromatic nitrogens is 2. The van der Waals surface area contributed by atoms with Gasteiger partial charge in [-0.25, -0.2) is 4.98 Å². The van der Waals surface area contributed by atoms with E-state index in [4.69, 9.17) is 4.74 Å². The predicted octanol–water partition coefficient (Wildman–Crippen LogP) is 1.69. The summed E-state index contributed by atoms with van der Waals surface area (Å²) in [6.07, 6.45) is 1.06. The van der Waals surface area contributed by atoms with Gasteiger partial charge in [0.25, 0.3) is 0 Å². The minimum absolute atomic E-state index is 0.692. The quantitative estimate of drug-likeness (QED) is 0.783. The molecule has 0 aliphatic carbocycles. The van der Waals surface area contributed by atoms with Gasteiger partial charge in [-0.1, -0.05) is 6.92 Å². The zero-order valence-corrected chi connectivity index (χ0v) is 11.2. The first-order valence-electron chi connectivity index (χ1n) is 5.97. The summed E-state index contributed by atoms with van der Waals surface area (Å²) < 4.78 is 5.06. The van der Waals surface area contributed by atoms with E-state index in [-0.39, 0.29) is 0 Å². The Morgan fingerprint density at radius 3 is 2.82 bits per heavy atom. The standard InChI is InChI=1S/C12H22N4O/c1-5-6-13-12-14-10(2)9-11(15-12)16(3)7-8-17-4/h9H,5-8H2,1-4H3,(H,13,14,15). The Morgan fingerprint density at radius 2 is 2.18 bits per heavy atom. The molecular formula is C12H22N4O. The summed E-state index contributed by atoms with van der Waals surface area (Å²) >= 11 is 0. The van der Waals surface area contributed by atoms with Gasteiger partial charge in [0.05, 0.1) is 6.61 Å². The lowest BCUT2D eigenvalue weighted by Crippen LogP contribution is -2.23. The van der Waals surface area contributed by atoms with Crippen LogP contribution in [0.15, 0.2) is 6.07 Å². The molecule has 0 saturated carbocycles. The summed E-state index contributed by atoms with van der Waals surface area (Å²) in [5.41, 5.74) is 0.970. The van der Waals surface area contributed by atoms with Crippen LogP contribution in [0, 0.1) is 6.92 Å². The molecule has 0 bridgehead atoms. The number of rotatable bonds is 7. The molecule has 1 N–H and O–H groups in total. The van der Waals surface area contributed by atoms with Gasteiger partial charge in [0.15, 0.2) is 0 Å². The lowest BCUT2D eigenvalue weighted by Gasteiger charge is -2.18. The number of likely N-dealkylation sites (N-methyl/N-ethyl adjacent to an activating group) is 1. The fraction of sp³-hybridized carbons (Fsp3) is 0.667. The van der Waals surface area contributed by atoms with Gasteiger partial charge in [0.1, 0.15) is 5.82 Å². The Hall–Kier alpha value is -1.36. The van der Waals surface area contributed by atoms with E-state index in [2.05, 4.69) is 27.1 Å². The lowest BCUT2D eigenvalue weighted by molar-refractivity contribution is 0.206.